The molecule has 0 atom stereocenters. The summed E-state index contributed by atoms with van der Waals surface area (Å²) < 4.78 is 33.4. The van der Waals surface area contributed by atoms with Crippen molar-refractivity contribution in [3.05, 3.63) is 36.4 Å². The number of hydrogen-bond acceptors (Lipinski definition) is 4. The number of fused-ring (bicyclic) bond motifs is 1. The molecule has 0 bridgehead atoms. The van der Waals surface area contributed by atoms with Crippen molar-refractivity contribution in [1.82, 2.24) is 9.62 Å². The van der Waals surface area contributed by atoms with Gasteiger partial charge in [-0.2, -0.15) is 4.31 Å². The Labute approximate surface area is 149 Å². The number of halogens is 1. The molecule has 7 heteroatoms. The largest absolute Gasteiger partial charge is 0.493 e. The lowest BCUT2D eigenvalue weighted by molar-refractivity contribution is 0.344. The first kappa shape index (κ1) is 19.0. The lowest BCUT2D eigenvalue weighted by Gasteiger charge is -2.21. The van der Waals surface area contributed by atoms with E-state index >= 15 is 0 Å². The smallest absolute Gasteiger partial charge is 0.243 e. The zero-order chi connectivity index (χ0) is 16.3. The van der Waals surface area contributed by atoms with Crippen LogP contribution in [0, 0.1) is 0 Å². The minimum absolute atomic E-state index is 0. The molecule has 24 heavy (non-hydrogen) atoms. The standard InChI is InChI=1S/C17H22N2O3S.ClH/c1-2-22-16-8-9-17(15-7-4-3-6-14(15)16)23(20,21)19-12-5-10-18-11-13-19;/h3-4,6-9,18H,2,5,10-13H2,1H3;1H. The number of benzene rings is 2. The van der Waals surface area contributed by atoms with Gasteiger partial charge in [0.1, 0.15) is 5.75 Å². The lowest BCUT2D eigenvalue weighted by atomic mass is 10.1. The van der Waals surface area contributed by atoms with Crippen LogP contribution in [0.25, 0.3) is 10.8 Å². The third-order valence-electron chi connectivity index (χ3n) is 4.06. The minimum atomic E-state index is -3.51. The van der Waals surface area contributed by atoms with Gasteiger partial charge < -0.3 is 10.1 Å². The molecule has 1 aliphatic heterocycles. The van der Waals surface area contributed by atoms with Gasteiger partial charge in [0.15, 0.2) is 0 Å². The molecule has 2 aromatic carbocycles. The molecule has 1 saturated heterocycles. The molecule has 0 spiro atoms. The van der Waals surface area contributed by atoms with Gasteiger partial charge in [-0.3, -0.25) is 0 Å². The van der Waals surface area contributed by atoms with Crippen molar-refractivity contribution in [2.45, 2.75) is 18.2 Å². The van der Waals surface area contributed by atoms with E-state index in [4.69, 9.17) is 4.74 Å². The van der Waals surface area contributed by atoms with E-state index < -0.39 is 10.0 Å². The number of sulfonamides is 1. The highest BCUT2D eigenvalue weighted by atomic mass is 35.5. The summed E-state index contributed by atoms with van der Waals surface area (Å²) >= 11 is 0. The van der Waals surface area contributed by atoms with E-state index in [0.717, 1.165) is 29.5 Å². The zero-order valence-electron chi connectivity index (χ0n) is 13.7. The molecule has 1 fully saturated rings. The summed E-state index contributed by atoms with van der Waals surface area (Å²) in [6, 6.07) is 10.9. The van der Waals surface area contributed by atoms with Crippen LogP contribution in [-0.2, 0) is 10.0 Å². The molecule has 0 saturated carbocycles. The number of ether oxygens (including phenoxy) is 1. The molecule has 132 valence electrons. The van der Waals surface area contributed by atoms with Crippen LogP contribution in [0.15, 0.2) is 41.3 Å². The van der Waals surface area contributed by atoms with E-state index in [1.165, 1.54) is 0 Å². The van der Waals surface area contributed by atoms with Crippen molar-refractivity contribution in [3.8, 4) is 5.75 Å². The zero-order valence-corrected chi connectivity index (χ0v) is 15.3. The Balaban J connectivity index is 0.00000208. The summed E-state index contributed by atoms with van der Waals surface area (Å²) in [5, 5.41) is 4.79. The van der Waals surface area contributed by atoms with Crippen LogP contribution < -0.4 is 10.1 Å². The number of rotatable bonds is 4. The van der Waals surface area contributed by atoms with Crippen LogP contribution in [-0.4, -0.2) is 45.5 Å². The Hall–Kier alpha value is -1.34. The van der Waals surface area contributed by atoms with Gasteiger partial charge in [-0.1, -0.05) is 24.3 Å². The molecular weight excluding hydrogens is 348 g/mol. The first-order valence-corrected chi connectivity index (χ1v) is 9.44. The van der Waals surface area contributed by atoms with Gasteiger partial charge in [0.2, 0.25) is 10.0 Å². The van der Waals surface area contributed by atoms with Gasteiger partial charge in [0, 0.05) is 30.4 Å². The van der Waals surface area contributed by atoms with Gasteiger partial charge >= 0.3 is 0 Å². The SMILES string of the molecule is CCOc1ccc(S(=O)(=O)N2CCCNCC2)c2ccccc12.Cl. The third kappa shape index (κ3) is 3.67. The van der Waals surface area contributed by atoms with Crippen LogP contribution in [0.4, 0.5) is 0 Å². The maximum absolute atomic E-state index is 13.1. The quantitative estimate of drug-likeness (QED) is 0.898. The second-order valence-electron chi connectivity index (χ2n) is 5.55. The Bertz CT molecular complexity index is 788. The molecule has 5 nitrogen and oxygen atoms in total. The maximum atomic E-state index is 13.1. The van der Waals surface area contributed by atoms with E-state index in [2.05, 4.69) is 5.32 Å². The molecule has 0 aromatic heterocycles. The van der Waals surface area contributed by atoms with E-state index in [-0.39, 0.29) is 12.4 Å². The fraction of sp³-hybridized carbons (Fsp3) is 0.412. The monoisotopic (exact) mass is 370 g/mol. The number of nitrogens with one attached hydrogen (secondary N) is 1. The highest BCUT2D eigenvalue weighted by molar-refractivity contribution is 7.89. The Morgan fingerprint density at radius 2 is 1.83 bits per heavy atom. The van der Waals surface area contributed by atoms with Crippen molar-refractivity contribution in [2.24, 2.45) is 0 Å². The number of hydrogen-bond donors (Lipinski definition) is 1. The highest BCUT2D eigenvalue weighted by Gasteiger charge is 2.27. The molecule has 0 unspecified atom stereocenters. The van der Waals surface area contributed by atoms with Crippen molar-refractivity contribution >= 4 is 33.2 Å². The maximum Gasteiger partial charge on any atom is 0.243 e. The molecule has 0 aliphatic carbocycles. The molecule has 2 aromatic rings. The van der Waals surface area contributed by atoms with Gasteiger partial charge in [-0.15, -0.1) is 12.4 Å². The Morgan fingerprint density at radius 1 is 1.08 bits per heavy atom. The Kier molecular flexibility index (Phi) is 6.46. The normalized spacial score (nSPS) is 16.4. The average Bonchev–Trinajstić information content (AvgIpc) is 2.85. The van der Waals surface area contributed by atoms with E-state index in [9.17, 15) is 8.42 Å². The van der Waals surface area contributed by atoms with Crippen molar-refractivity contribution in [2.75, 3.05) is 32.8 Å². The second kappa shape index (κ2) is 8.16. The molecule has 1 N–H and O–H groups in total. The summed E-state index contributed by atoms with van der Waals surface area (Å²) in [6.45, 7) is 5.07. The predicted octanol–water partition coefficient (Wildman–Crippen LogP) is 2.64. The minimum Gasteiger partial charge on any atom is -0.493 e. The molecular formula is C17H23ClN2O3S. The summed E-state index contributed by atoms with van der Waals surface area (Å²) in [7, 11) is -3.51. The van der Waals surface area contributed by atoms with E-state index in [0.29, 0.717) is 31.1 Å². The summed E-state index contributed by atoms with van der Waals surface area (Å²) in [4.78, 5) is 0.360. The van der Waals surface area contributed by atoms with E-state index in [1.807, 2.05) is 31.2 Å². The van der Waals surface area contributed by atoms with Crippen molar-refractivity contribution in [3.63, 3.8) is 0 Å². The molecule has 1 heterocycles. The van der Waals surface area contributed by atoms with Crippen LogP contribution >= 0.6 is 12.4 Å². The van der Waals surface area contributed by atoms with E-state index in [1.54, 1.807) is 16.4 Å². The van der Waals surface area contributed by atoms with Gasteiger partial charge in [-0.25, -0.2) is 8.42 Å². The van der Waals surface area contributed by atoms with Gasteiger partial charge in [0.25, 0.3) is 0 Å². The Morgan fingerprint density at radius 3 is 2.58 bits per heavy atom. The topological polar surface area (TPSA) is 58.6 Å². The average molecular weight is 371 g/mol. The third-order valence-corrected chi connectivity index (χ3v) is 6.02. The van der Waals surface area contributed by atoms with Crippen molar-refractivity contribution in [1.29, 1.82) is 0 Å². The van der Waals surface area contributed by atoms with Gasteiger partial charge in [0.05, 0.1) is 11.5 Å². The first-order valence-electron chi connectivity index (χ1n) is 8.00. The lowest BCUT2D eigenvalue weighted by Crippen LogP contribution is -2.34. The predicted molar refractivity (Wildman–Crippen MR) is 98.6 cm³/mol. The summed E-state index contributed by atoms with van der Waals surface area (Å²) in [5.74, 6) is 0.722. The molecule has 0 amide bonds. The summed E-state index contributed by atoms with van der Waals surface area (Å²) in [6.07, 6.45) is 0.828. The fourth-order valence-corrected chi connectivity index (χ4v) is 4.63. The molecule has 3 rings (SSSR count). The number of nitrogens with zero attached hydrogens (tertiary/aromatic N) is 1. The van der Waals surface area contributed by atoms with Crippen LogP contribution in [0.2, 0.25) is 0 Å². The highest BCUT2D eigenvalue weighted by Crippen LogP contribution is 2.32. The van der Waals surface area contributed by atoms with Crippen LogP contribution in [0.5, 0.6) is 5.75 Å². The van der Waals surface area contributed by atoms with Crippen LogP contribution in [0.3, 0.4) is 0 Å². The first-order chi connectivity index (χ1) is 11.1. The second-order valence-corrected chi connectivity index (χ2v) is 7.45. The van der Waals surface area contributed by atoms with Gasteiger partial charge in [-0.05, 0) is 32.0 Å². The fourth-order valence-electron chi connectivity index (χ4n) is 2.95. The molecule has 0 radical (unpaired) electrons. The molecule has 1 aliphatic rings. The summed E-state index contributed by atoms with van der Waals surface area (Å²) in [5.41, 5.74) is 0. The van der Waals surface area contributed by atoms with Crippen LogP contribution in [0.1, 0.15) is 13.3 Å². The van der Waals surface area contributed by atoms with Crippen molar-refractivity contribution < 1.29 is 13.2 Å².